The van der Waals surface area contributed by atoms with Crippen molar-refractivity contribution >= 4 is 28.0 Å². The van der Waals surface area contributed by atoms with Gasteiger partial charge >= 0.3 is 6.61 Å². The van der Waals surface area contributed by atoms with Gasteiger partial charge in [0.1, 0.15) is 17.0 Å². The summed E-state index contributed by atoms with van der Waals surface area (Å²) in [6.07, 6.45) is 5.50. The van der Waals surface area contributed by atoms with Crippen molar-refractivity contribution in [2.24, 2.45) is 7.05 Å². The highest BCUT2D eigenvalue weighted by molar-refractivity contribution is 5.84. The van der Waals surface area contributed by atoms with Crippen molar-refractivity contribution in [2.75, 3.05) is 5.32 Å². The van der Waals surface area contributed by atoms with E-state index >= 15 is 0 Å². The fourth-order valence-electron chi connectivity index (χ4n) is 3.96. The number of benzene rings is 2. The maximum Gasteiger partial charge on any atom is 0.387 e. The smallest absolute Gasteiger partial charge is 0.387 e. The van der Waals surface area contributed by atoms with Gasteiger partial charge in [-0.2, -0.15) is 18.9 Å². The van der Waals surface area contributed by atoms with Crippen molar-refractivity contribution in [1.29, 1.82) is 0 Å². The molecule has 176 valence electrons. The van der Waals surface area contributed by atoms with E-state index in [9.17, 15) is 13.6 Å². The molecule has 1 fully saturated rings. The first-order chi connectivity index (χ1) is 16.9. The molecule has 0 bridgehead atoms. The Labute approximate surface area is 197 Å². The molecule has 35 heavy (non-hydrogen) atoms. The van der Waals surface area contributed by atoms with Crippen LogP contribution in [0.5, 0.6) is 5.75 Å². The SMILES string of the molecule is Cn1cc2cc(-c3nc4cnc(NC5CC5)nc4n(-c4ccc(OC(F)F)cc4)c3=O)ccc2n1. The molecule has 0 radical (unpaired) electrons. The fourth-order valence-corrected chi connectivity index (χ4v) is 3.96. The van der Waals surface area contributed by atoms with Gasteiger partial charge in [-0.15, -0.1) is 0 Å². The number of alkyl halides is 2. The number of nitrogens with one attached hydrogen (secondary N) is 1. The maximum absolute atomic E-state index is 13.8. The third kappa shape index (κ3) is 4.05. The second-order valence-electron chi connectivity index (χ2n) is 8.37. The van der Waals surface area contributed by atoms with E-state index in [1.54, 1.807) is 16.9 Å². The predicted molar refractivity (Wildman–Crippen MR) is 126 cm³/mol. The summed E-state index contributed by atoms with van der Waals surface area (Å²) in [5.74, 6) is 0.389. The van der Waals surface area contributed by atoms with Crippen molar-refractivity contribution in [3.63, 3.8) is 0 Å². The van der Waals surface area contributed by atoms with Gasteiger partial charge in [0.05, 0.1) is 17.4 Å². The zero-order chi connectivity index (χ0) is 24.1. The molecule has 1 aliphatic rings. The van der Waals surface area contributed by atoms with Gasteiger partial charge in [-0.25, -0.2) is 9.97 Å². The maximum atomic E-state index is 13.8. The zero-order valence-corrected chi connectivity index (χ0v) is 18.5. The molecule has 9 nitrogen and oxygen atoms in total. The van der Waals surface area contributed by atoms with Crippen molar-refractivity contribution in [3.8, 4) is 22.7 Å². The lowest BCUT2D eigenvalue weighted by atomic mass is 10.1. The second-order valence-corrected chi connectivity index (χ2v) is 8.37. The van der Waals surface area contributed by atoms with Crippen LogP contribution in [0.2, 0.25) is 0 Å². The Balaban J connectivity index is 1.55. The summed E-state index contributed by atoms with van der Waals surface area (Å²) in [5.41, 5.74) is 2.38. The molecule has 0 aliphatic heterocycles. The van der Waals surface area contributed by atoms with Crippen LogP contribution >= 0.6 is 0 Å². The lowest BCUT2D eigenvalue weighted by molar-refractivity contribution is -0.0498. The molecule has 6 rings (SSSR count). The topological polar surface area (TPSA) is 99.8 Å². The van der Waals surface area contributed by atoms with Crippen LogP contribution in [-0.2, 0) is 7.05 Å². The van der Waals surface area contributed by atoms with Crippen LogP contribution < -0.4 is 15.6 Å². The predicted octanol–water partition coefficient (Wildman–Crippen LogP) is 3.91. The molecule has 1 aliphatic carbocycles. The summed E-state index contributed by atoms with van der Waals surface area (Å²) in [4.78, 5) is 27.3. The summed E-state index contributed by atoms with van der Waals surface area (Å²) >= 11 is 0. The molecule has 0 unspecified atom stereocenters. The van der Waals surface area contributed by atoms with Crippen molar-refractivity contribution in [3.05, 3.63) is 65.2 Å². The number of ether oxygens (including phenoxy) is 1. The molecular formula is C24H19F2N7O2. The summed E-state index contributed by atoms with van der Waals surface area (Å²) in [6, 6.07) is 11.6. The Morgan fingerprint density at radius 1 is 1.09 bits per heavy atom. The minimum atomic E-state index is -2.94. The van der Waals surface area contributed by atoms with Gasteiger partial charge < -0.3 is 10.1 Å². The Kier molecular flexibility index (Phi) is 4.90. The number of fused-ring (bicyclic) bond motifs is 2. The molecule has 0 spiro atoms. The van der Waals surface area contributed by atoms with Gasteiger partial charge in [0.25, 0.3) is 5.56 Å². The monoisotopic (exact) mass is 475 g/mol. The minimum Gasteiger partial charge on any atom is -0.435 e. The average Bonchev–Trinajstić information content (AvgIpc) is 3.56. The molecule has 3 aromatic heterocycles. The number of rotatable bonds is 6. The first-order valence-electron chi connectivity index (χ1n) is 11.0. The van der Waals surface area contributed by atoms with Gasteiger partial charge in [-0.1, -0.05) is 6.07 Å². The largest absolute Gasteiger partial charge is 0.435 e. The van der Waals surface area contributed by atoms with Gasteiger partial charge in [0, 0.05) is 30.2 Å². The first-order valence-corrected chi connectivity index (χ1v) is 11.0. The lowest BCUT2D eigenvalue weighted by Gasteiger charge is -2.13. The van der Waals surface area contributed by atoms with Crippen molar-refractivity contribution in [1.82, 2.24) is 29.3 Å². The number of hydrogen-bond acceptors (Lipinski definition) is 7. The van der Waals surface area contributed by atoms with E-state index in [0.717, 1.165) is 23.7 Å². The molecule has 1 saturated carbocycles. The highest BCUT2D eigenvalue weighted by Crippen LogP contribution is 2.26. The van der Waals surface area contributed by atoms with Gasteiger partial charge in [-0.3, -0.25) is 14.0 Å². The molecule has 2 aromatic carbocycles. The molecule has 0 atom stereocenters. The second kappa shape index (κ2) is 8.12. The molecule has 0 amide bonds. The standard InChI is InChI=1S/C24H19F2N7O2/c1-32-12-14-10-13(2-9-18(14)31-32)20-22(34)33(16-5-7-17(8-6-16)35-23(25)26)21-19(29-20)11-27-24(30-21)28-15-3-4-15/h2,5-12,15,23H,3-4H2,1H3,(H,27,28,30). The molecule has 1 N–H and O–H groups in total. The third-order valence-electron chi connectivity index (χ3n) is 5.72. The number of aromatic nitrogens is 6. The minimum absolute atomic E-state index is 0.0110. The summed E-state index contributed by atoms with van der Waals surface area (Å²) in [7, 11) is 1.83. The van der Waals surface area contributed by atoms with E-state index in [-0.39, 0.29) is 11.4 Å². The Morgan fingerprint density at radius 2 is 1.89 bits per heavy atom. The molecular weight excluding hydrogens is 456 g/mol. The van der Waals surface area contributed by atoms with E-state index in [1.807, 2.05) is 25.4 Å². The van der Waals surface area contributed by atoms with Crippen LogP contribution in [0.3, 0.4) is 0 Å². The van der Waals surface area contributed by atoms with Crippen LogP contribution in [0.25, 0.3) is 39.0 Å². The van der Waals surface area contributed by atoms with Gasteiger partial charge in [-0.05, 0) is 49.2 Å². The third-order valence-corrected chi connectivity index (χ3v) is 5.72. The van der Waals surface area contributed by atoms with Crippen LogP contribution in [0.1, 0.15) is 12.8 Å². The van der Waals surface area contributed by atoms with Crippen LogP contribution in [-0.4, -0.2) is 42.0 Å². The van der Waals surface area contributed by atoms with E-state index in [1.165, 1.54) is 28.8 Å². The first kappa shape index (κ1) is 21.1. The highest BCUT2D eigenvalue weighted by Gasteiger charge is 2.23. The van der Waals surface area contributed by atoms with Gasteiger partial charge in [0.15, 0.2) is 5.65 Å². The van der Waals surface area contributed by atoms with E-state index in [2.05, 4.69) is 30.1 Å². The quantitative estimate of drug-likeness (QED) is 0.398. The van der Waals surface area contributed by atoms with E-state index in [0.29, 0.717) is 34.4 Å². The number of aryl methyl sites for hydroxylation is 1. The zero-order valence-electron chi connectivity index (χ0n) is 18.5. The number of anilines is 1. The Morgan fingerprint density at radius 3 is 2.63 bits per heavy atom. The summed E-state index contributed by atoms with van der Waals surface area (Å²) < 4.78 is 32.8. The normalized spacial score (nSPS) is 13.6. The van der Waals surface area contributed by atoms with Crippen molar-refractivity contribution < 1.29 is 13.5 Å². The number of hydrogen-bond donors (Lipinski definition) is 1. The van der Waals surface area contributed by atoms with E-state index < -0.39 is 12.2 Å². The van der Waals surface area contributed by atoms with E-state index in [4.69, 9.17) is 0 Å². The molecule has 5 aromatic rings. The Hall–Kier alpha value is -4.41. The highest BCUT2D eigenvalue weighted by atomic mass is 19.3. The summed E-state index contributed by atoms with van der Waals surface area (Å²) in [6.45, 7) is -2.94. The fraction of sp³-hybridized carbons (Fsp3) is 0.208. The molecule has 11 heteroatoms. The van der Waals surface area contributed by atoms with Crippen LogP contribution in [0, 0.1) is 0 Å². The van der Waals surface area contributed by atoms with Crippen LogP contribution in [0.15, 0.2) is 59.7 Å². The van der Waals surface area contributed by atoms with Crippen LogP contribution in [0.4, 0.5) is 14.7 Å². The Bertz CT molecular complexity index is 1630. The molecule has 3 heterocycles. The van der Waals surface area contributed by atoms with Crippen molar-refractivity contribution in [2.45, 2.75) is 25.5 Å². The number of halogens is 2. The summed E-state index contributed by atoms with van der Waals surface area (Å²) in [5, 5.41) is 8.47. The lowest BCUT2D eigenvalue weighted by Crippen LogP contribution is -2.23. The average molecular weight is 475 g/mol. The molecule has 0 saturated heterocycles. The van der Waals surface area contributed by atoms with Gasteiger partial charge in [0.2, 0.25) is 5.95 Å². The number of nitrogens with zero attached hydrogens (tertiary/aromatic N) is 6.